The van der Waals surface area contributed by atoms with E-state index in [4.69, 9.17) is 15.2 Å². The molecule has 2 atom stereocenters. The number of amides is 3. The highest BCUT2D eigenvalue weighted by Gasteiger charge is 2.41. The molecule has 1 fully saturated rings. The Labute approximate surface area is 312 Å². The van der Waals surface area contributed by atoms with Gasteiger partial charge in [0.15, 0.2) is 6.61 Å². The normalized spacial score (nSPS) is 16.3. The minimum absolute atomic E-state index is 0.0811. The molecule has 5 rings (SSSR count). The second kappa shape index (κ2) is 17.6. The molecule has 1 unspecified atom stereocenters. The number of hydrogen-bond donors (Lipinski definition) is 2. The summed E-state index contributed by atoms with van der Waals surface area (Å²) < 4.78 is 12.0. The topological polar surface area (TPSA) is 148 Å². The number of carbonyl (C=O) groups is 5. The van der Waals surface area contributed by atoms with Crippen molar-refractivity contribution in [3.8, 4) is 5.75 Å². The molecule has 11 heteroatoms. The standard InChI is InChI=1S/C42H52N4O7/c1-5-38(48)45-24-10-12-29-26-33(20-21-34(29)45)52-27-37(47)44-32-13-9-11-30(25-32)36(22-17-28-15-18-31(43)19-16-28)53-41(51)35-14-7-8-23-46(35)40(50)39(49)42(3,4)6-2/h9,11,13,15-16,18-21,25-26,35-36H,5-8,10,12,14,17,22-24,27,43H2,1-4H3,(H,44,47)/t35?,36-/m1/s1. The number of ketones is 1. The summed E-state index contributed by atoms with van der Waals surface area (Å²) in [7, 11) is 0. The summed E-state index contributed by atoms with van der Waals surface area (Å²) in [5.74, 6) is -1.45. The molecule has 2 aliphatic rings. The van der Waals surface area contributed by atoms with Gasteiger partial charge in [-0.1, -0.05) is 52.0 Å². The number of carbonyl (C=O) groups excluding carboxylic acids is 5. The van der Waals surface area contributed by atoms with E-state index in [0.29, 0.717) is 74.3 Å². The zero-order valence-electron chi connectivity index (χ0n) is 31.3. The van der Waals surface area contributed by atoms with Gasteiger partial charge in [-0.3, -0.25) is 19.2 Å². The zero-order valence-corrected chi connectivity index (χ0v) is 31.3. The first kappa shape index (κ1) is 39.0. The predicted molar refractivity (Wildman–Crippen MR) is 204 cm³/mol. The molecule has 3 aromatic rings. The molecule has 0 aromatic heterocycles. The molecule has 11 nitrogen and oxygen atoms in total. The molecule has 0 saturated carbocycles. The SMILES string of the molecule is CCC(=O)N1CCCc2cc(OCC(=O)Nc3cccc([C@@H](CCc4ccc(N)cc4)OC(=O)C4CCCCN4C(=O)C(=O)C(C)(C)CC)c3)ccc21. The highest BCUT2D eigenvalue weighted by atomic mass is 16.5. The first-order valence-electron chi connectivity index (χ1n) is 18.8. The van der Waals surface area contributed by atoms with E-state index < -0.39 is 35.2 Å². The van der Waals surface area contributed by atoms with Gasteiger partial charge in [-0.2, -0.15) is 0 Å². The van der Waals surface area contributed by atoms with Crippen LogP contribution in [0.15, 0.2) is 66.7 Å². The predicted octanol–water partition coefficient (Wildman–Crippen LogP) is 6.58. The van der Waals surface area contributed by atoms with Crippen molar-refractivity contribution in [3.05, 3.63) is 83.4 Å². The Kier molecular flexibility index (Phi) is 12.9. The molecular weight excluding hydrogens is 672 g/mol. The van der Waals surface area contributed by atoms with Crippen molar-refractivity contribution < 1.29 is 33.4 Å². The quantitative estimate of drug-likeness (QED) is 0.108. The van der Waals surface area contributed by atoms with Gasteiger partial charge in [0, 0.05) is 42.0 Å². The Morgan fingerprint density at radius 2 is 1.72 bits per heavy atom. The average molecular weight is 725 g/mol. The summed E-state index contributed by atoms with van der Waals surface area (Å²) in [5, 5.41) is 2.89. The van der Waals surface area contributed by atoms with Gasteiger partial charge in [0.05, 0.1) is 0 Å². The van der Waals surface area contributed by atoms with E-state index in [0.717, 1.165) is 36.1 Å². The summed E-state index contributed by atoms with van der Waals surface area (Å²) in [4.78, 5) is 69.1. The van der Waals surface area contributed by atoms with Crippen LogP contribution in [0.2, 0.25) is 0 Å². The van der Waals surface area contributed by atoms with Crippen LogP contribution in [-0.2, 0) is 41.6 Å². The fourth-order valence-corrected chi connectivity index (χ4v) is 6.77. The number of nitrogen functional groups attached to an aromatic ring is 1. The number of piperidine rings is 1. The molecule has 2 heterocycles. The van der Waals surface area contributed by atoms with E-state index in [-0.39, 0.29) is 18.4 Å². The number of nitrogens with two attached hydrogens (primary N) is 1. The number of nitrogens with one attached hydrogen (secondary N) is 1. The van der Waals surface area contributed by atoms with Gasteiger partial charge in [0.2, 0.25) is 11.7 Å². The van der Waals surface area contributed by atoms with Gasteiger partial charge >= 0.3 is 5.97 Å². The number of esters is 1. The summed E-state index contributed by atoms with van der Waals surface area (Å²) in [5.41, 5.74) is 9.79. The Morgan fingerprint density at radius 3 is 2.45 bits per heavy atom. The summed E-state index contributed by atoms with van der Waals surface area (Å²) >= 11 is 0. The van der Waals surface area contributed by atoms with Crippen LogP contribution in [0.3, 0.4) is 0 Å². The number of ether oxygens (including phenoxy) is 2. The van der Waals surface area contributed by atoms with Crippen LogP contribution in [0.5, 0.6) is 5.75 Å². The molecule has 1 saturated heterocycles. The van der Waals surface area contributed by atoms with E-state index in [1.54, 1.807) is 38.1 Å². The van der Waals surface area contributed by atoms with Crippen molar-refractivity contribution >= 4 is 46.5 Å². The van der Waals surface area contributed by atoms with Crippen LogP contribution in [0.25, 0.3) is 0 Å². The number of fused-ring (bicyclic) bond motifs is 1. The average Bonchev–Trinajstić information content (AvgIpc) is 3.18. The summed E-state index contributed by atoms with van der Waals surface area (Å²) in [6.07, 6.45) is 4.77. The van der Waals surface area contributed by atoms with E-state index in [1.807, 2.05) is 61.2 Å². The van der Waals surface area contributed by atoms with Gasteiger partial charge in [-0.25, -0.2) is 4.79 Å². The number of hydrogen-bond acceptors (Lipinski definition) is 8. The molecule has 3 N–H and O–H groups in total. The highest BCUT2D eigenvalue weighted by molar-refractivity contribution is 6.38. The first-order valence-corrected chi connectivity index (χ1v) is 18.8. The Bertz CT molecular complexity index is 1810. The number of nitrogens with zero attached hydrogens (tertiary/aromatic N) is 2. The van der Waals surface area contributed by atoms with Crippen molar-refractivity contribution in [2.24, 2.45) is 5.41 Å². The van der Waals surface area contributed by atoms with Crippen LogP contribution in [0, 0.1) is 5.41 Å². The van der Waals surface area contributed by atoms with Crippen LogP contribution < -0.4 is 20.7 Å². The minimum atomic E-state index is -0.870. The molecule has 0 bridgehead atoms. The van der Waals surface area contributed by atoms with Crippen molar-refractivity contribution in [2.75, 3.05) is 35.6 Å². The maximum absolute atomic E-state index is 13.9. The third-order valence-corrected chi connectivity index (χ3v) is 10.3. The number of likely N-dealkylation sites (tertiary alicyclic amines) is 1. The summed E-state index contributed by atoms with van der Waals surface area (Å²) in [6.45, 7) is 7.98. The van der Waals surface area contributed by atoms with Crippen molar-refractivity contribution in [3.63, 3.8) is 0 Å². The number of anilines is 3. The molecular formula is C42H52N4O7. The van der Waals surface area contributed by atoms with E-state index >= 15 is 0 Å². The van der Waals surface area contributed by atoms with E-state index in [9.17, 15) is 24.0 Å². The molecule has 2 aliphatic heterocycles. The summed E-state index contributed by atoms with van der Waals surface area (Å²) in [6, 6.07) is 19.3. The molecule has 3 aromatic carbocycles. The molecule has 0 spiro atoms. The van der Waals surface area contributed by atoms with Gasteiger partial charge in [-0.05, 0) is 111 Å². The van der Waals surface area contributed by atoms with Crippen LogP contribution in [0.4, 0.5) is 17.1 Å². The molecule has 3 amide bonds. The monoisotopic (exact) mass is 724 g/mol. The molecule has 282 valence electrons. The van der Waals surface area contributed by atoms with Crippen LogP contribution in [-0.4, -0.2) is 60.1 Å². The molecule has 0 radical (unpaired) electrons. The number of benzene rings is 3. The smallest absolute Gasteiger partial charge is 0.329 e. The molecule has 0 aliphatic carbocycles. The maximum atomic E-state index is 13.9. The third kappa shape index (κ3) is 9.82. The zero-order chi connectivity index (χ0) is 38.1. The second-order valence-electron chi connectivity index (χ2n) is 14.5. The third-order valence-electron chi connectivity index (χ3n) is 10.3. The van der Waals surface area contributed by atoms with E-state index in [1.165, 1.54) is 4.90 Å². The Morgan fingerprint density at radius 1 is 0.943 bits per heavy atom. The van der Waals surface area contributed by atoms with Gasteiger partial charge < -0.3 is 30.3 Å². The van der Waals surface area contributed by atoms with Crippen molar-refractivity contribution in [2.45, 2.75) is 97.6 Å². The van der Waals surface area contributed by atoms with Gasteiger partial charge in [0.1, 0.15) is 17.9 Å². The molecule has 53 heavy (non-hydrogen) atoms. The fourth-order valence-electron chi connectivity index (χ4n) is 6.77. The van der Waals surface area contributed by atoms with Crippen molar-refractivity contribution in [1.82, 2.24) is 4.90 Å². The van der Waals surface area contributed by atoms with Gasteiger partial charge in [0.25, 0.3) is 11.8 Å². The highest BCUT2D eigenvalue weighted by Crippen LogP contribution is 2.32. The van der Waals surface area contributed by atoms with Gasteiger partial charge in [-0.15, -0.1) is 0 Å². The lowest BCUT2D eigenvalue weighted by molar-refractivity contribution is -0.164. The van der Waals surface area contributed by atoms with Crippen LogP contribution in [0.1, 0.15) is 95.4 Å². The largest absolute Gasteiger partial charge is 0.484 e. The number of aryl methyl sites for hydroxylation is 2. The Hall–Kier alpha value is -5.19. The number of rotatable bonds is 14. The first-order chi connectivity index (χ1) is 25.4. The Balaban J connectivity index is 1.29. The van der Waals surface area contributed by atoms with E-state index in [2.05, 4.69) is 5.32 Å². The maximum Gasteiger partial charge on any atom is 0.329 e. The number of Topliss-reactive ketones (excluding diaryl/α,β-unsaturated/α-hetero) is 1. The lowest BCUT2D eigenvalue weighted by Crippen LogP contribution is -2.53. The lowest BCUT2D eigenvalue weighted by Gasteiger charge is -2.36. The van der Waals surface area contributed by atoms with Crippen molar-refractivity contribution in [1.29, 1.82) is 0 Å². The lowest BCUT2D eigenvalue weighted by atomic mass is 9.84. The van der Waals surface area contributed by atoms with Crippen LogP contribution >= 0.6 is 0 Å². The fraction of sp³-hybridized carbons (Fsp3) is 0.452. The second-order valence-corrected chi connectivity index (χ2v) is 14.5. The minimum Gasteiger partial charge on any atom is -0.484 e.